The predicted octanol–water partition coefficient (Wildman–Crippen LogP) is 4.84. The summed E-state index contributed by atoms with van der Waals surface area (Å²) in [7, 11) is 3.02. The van der Waals surface area contributed by atoms with E-state index in [0.717, 1.165) is 55.1 Å². The summed E-state index contributed by atoms with van der Waals surface area (Å²) >= 11 is 0. The number of imidazole rings is 1. The minimum atomic E-state index is -0.529. The van der Waals surface area contributed by atoms with Gasteiger partial charge in [-0.2, -0.15) is 0 Å². The summed E-state index contributed by atoms with van der Waals surface area (Å²) in [5, 5.41) is 10.9. The lowest BCUT2D eigenvalue weighted by Gasteiger charge is -2.22. The highest BCUT2D eigenvalue weighted by Gasteiger charge is 2.19. The monoisotopic (exact) mass is 519 g/mol. The predicted molar refractivity (Wildman–Crippen MR) is 142 cm³/mol. The minimum Gasteiger partial charge on any atom is -0.494 e. The number of anilines is 1. The van der Waals surface area contributed by atoms with Crippen LogP contribution >= 0.6 is 0 Å². The molecule has 0 radical (unpaired) electrons. The Bertz CT molecular complexity index is 1470. The Balaban J connectivity index is 1.53. The summed E-state index contributed by atoms with van der Waals surface area (Å²) < 4.78 is 32.5. The molecule has 0 bridgehead atoms. The van der Waals surface area contributed by atoms with E-state index in [1.54, 1.807) is 36.0 Å². The van der Waals surface area contributed by atoms with Crippen LogP contribution in [0.1, 0.15) is 28.8 Å². The number of halogens is 1. The Labute approximate surface area is 219 Å². The third-order valence-corrected chi connectivity index (χ3v) is 6.71. The average Bonchev–Trinajstić information content (AvgIpc) is 3.36. The smallest absolute Gasteiger partial charge is 0.251 e. The van der Waals surface area contributed by atoms with E-state index in [4.69, 9.17) is 14.2 Å². The van der Waals surface area contributed by atoms with Gasteiger partial charge in [0.25, 0.3) is 5.91 Å². The van der Waals surface area contributed by atoms with Crippen LogP contribution < -0.4 is 20.1 Å². The lowest BCUT2D eigenvalue weighted by molar-refractivity contribution is 0.0699. The lowest BCUT2D eigenvalue weighted by atomic mass is 10.0. The molecule has 9 nitrogen and oxygen atoms in total. The van der Waals surface area contributed by atoms with Crippen molar-refractivity contribution in [3.63, 3.8) is 0 Å². The van der Waals surface area contributed by atoms with Gasteiger partial charge in [0.2, 0.25) is 5.88 Å². The van der Waals surface area contributed by atoms with Gasteiger partial charge in [0.1, 0.15) is 5.75 Å². The van der Waals surface area contributed by atoms with Crippen molar-refractivity contribution in [1.82, 2.24) is 19.9 Å². The average molecular weight is 520 g/mol. The maximum atomic E-state index is 14.3. The number of carbonyl (C=O) groups is 1. The molecule has 1 aliphatic rings. The van der Waals surface area contributed by atoms with Crippen molar-refractivity contribution in [2.24, 2.45) is 5.92 Å². The second-order valence-corrected chi connectivity index (χ2v) is 9.22. The number of fused-ring (bicyclic) bond motifs is 1. The van der Waals surface area contributed by atoms with Crippen LogP contribution in [-0.2, 0) is 4.74 Å². The Morgan fingerprint density at radius 3 is 2.71 bits per heavy atom. The van der Waals surface area contributed by atoms with Crippen LogP contribution in [0.5, 0.6) is 17.4 Å². The summed E-state index contributed by atoms with van der Waals surface area (Å²) in [4.78, 5) is 16.8. The van der Waals surface area contributed by atoms with Crippen LogP contribution in [0.2, 0.25) is 0 Å². The fourth-order valence-corrected chi connectivity index (χ4v) is 4.57. The van der Waals surface area contributed by atoms with E-state index >= 15 is 0 Å². The Morgan fingerprint density at radius 1 is 1.18 bits per heavy atom. The van der Waals surface area contributed by atoms with Gasteiger partial charge >= 0.3 is 0 Å². The maximum absolute atomic E-state index is 14.3. The third kappa shape index (κ3) is 5.26. The minimum absolute atomic E-state index is 0.132. The molecule has 2 N–H and O–H groups in total. The van der Waals surface area contributed by atoms with E-state index in [2.05, 4.69) is 20.7 Å². The number of aryl methyl sites for hydroxylation is 1. The molecule has 198 valence electrons. The first-order valence-corrected chi connectivity index (χ1v) is 12.5. The summed E-state index contributed by atoms with van der Waals surface area (Å²) in [5.41, 5.74) is 4.39. The van der Waals surface area contributed by atoms with Crippen molar-refractivity contribution >= 4 is 17.2 Å². The Morgan fingerprint density at radius 2 is 2.00 bits per heavy atom. The Hall–Kier alpha value is -4.18. The number of hydrogen-bond donors (Lipinski definition) is 2. The summed E-state index contributed by atoms with van der Waals surface area (Å²) in [5.74, 6) is 0.497. The first kappa shape index (κ1) is 25.5. The topological polar surface area (TPSA) is 99.0 Å². The summed E-state index contributed by atoms with van der Waals surface area (Å²) in [6.45, 7) is 4.16. The molecule has 0 aliphatic carbocycles. The molecule has 38 heavy (non-hydrogen) atoms. The van der Waals surface area contributed by atoms with Gasteiger partial charge in [-0.15, -0.1) is 5.10 Å². The molecular weight excluding hydrogens is 489 g/mol. The molecule has 1 amide bonds. The number of methoxy groups -OCH3 is 1. The first-order valence-electron chi connectivity index (χ1n) is 12.5. The number of nitrogens with zero attached hydrogens (tertiary/aromatic N) is 3. The van der Waals surface area contributed by atoms with Gasteiger partial charge in [0, 0.05) is 50.1 Å². The van der Waals surface area contributed by atoms with E-state index in [1.165, 1.54) is 19.2 Å². The number of nitrogens with one attached hydrogen (secondary N) is 2. The van der Waals surface area contributed by atoms with E-state index in [1.807, 2.05) is 19.1 Å². The molecule has 3 heterocycles. The highest BCUT2D eigenvalue weighted by molar-refractivity contribution is 5.96. The quantitative estimate of drug-likeness (QED) is 0.344. The Kier molecular flexibility index (Phi) is 7.41. The van der Waals surface area contributed by atoms with Crippen LogP contribution in [0.4, 0.5) is 10.1 Å². The van der Waals surface area contributed by atoms with Crippen molar-refractivity contribution in [3.05, 3.63) is 65.6 Å². The zero-order valence-corrected chi connectivity index (χ0v) is 21.6. The maximum Gasteiger partial charge on any atom is 0.251 e. The van der Waals surface area contributed by atoms with Gasteiger partial charge in [-0.3, -0.25) is 4.79 Å². The molecule has 0 spiro atoms. The second kappa shape index (κ2) is 11.1. The number of rotatable bonds is 8. The first-order chi connectivity index (χ1) is 18.5. The number of ether oxygens (including phenoxy) is 3. The van der Waals surface area contributed by atoms with Gasteiger partial charge in [0.05, 0.1) is 24.7 Å². The van der Waals surface area contributed by atoms with Crippen LogP contribution in [0, 0.1) is 18.7 Å². The van der Waals surface area contributed by atoms with Crippen molar-refractivity contribution in [3.8, 4) is 28.6 Å². The van der Waals surface area contributed by atoms with Gasteiger partial charge in [-0.05, 0) is 55.5 Å². The molecular formula is C28H30FN5O4. The van der Waals surface area contributed by atoms with Crippen molar-refractivity contribution in [2.75, 3.05) is 39.2 Å². The number of amides is 1. The molecule has 1 saturated heterocycles. The van der Waals surface area contributed by atoms with E-state index in [9.17, 15) is 9.18 Å². The van der Waals surface area contributed by atoms with Gasteiger partial charge in [-0.1, -0.05) is 6.07 Å². The highest BCUT2D eigenvalue weighted by atomic mass is 19.1. The molecule has 0 saturated carbocycles. The molecule has 2 aromatic heterocycles. The van der Waals surface area contributed by atoms with E-state index in [-0.39, 0.29) is 23.3 Å². The molecule has 2 aromatic carbocycles. The molecule has 0 atom stereocenters. The number of carbonyl (C=O) groups excluding carboxylic acids is 1. The zero-order valence-electron chi connectivity index (χ0n) is 21.6. The fourth-order valence-electron chi connectivity index (χ4n) is 4.57. The van der Waals surface area contributed by atoms with Crippen LogP contribution in [0.3, 0.4) is 0 Å². The number of benzene rings is 2. The molecule has 4 aromatic rings. The molecule has 10 heteroatoms. The van der Waals surface area contributed by atoms with Gasteiger partial charge < -0.3 is 24.8 Å². The standard InChI is InChI=1S/C28H30FN5O4/c1-17-12-19(4-6-21(17)28(35)30-2)24-16-32-27-23(31-15-18-8-10-37-11-9-18)14-26(33-34(24)27)38-20-5-7-25(36-3)22(29)13-20/h4-7,12-14,16,18,31H,8-11,15H2,1-3H3,(H,30,35). The van der Waals surface area contributed by atoms with Crippen LogP contribution in [-0.4, -0.2) is 54.4 Å². The normalized spacial score (nSPS) is 13.9. The van der Waals surface area contributed by atoms with Crippen molar-refractivity contribution in [1.29, 1.82) is 0 Å². The van der Waals surface area contributed by atoms with Gasteiger partial charge in [-0.25, -0.2) is 13.9 Å². The van der Waals surface area contributed by atoms with Crippen molar-refractivity contribution in [2.45, 2.75) is 19.8 Å². The van der Waals surface area contributed by atoms with E-state index < -0.39 is 5.82 Å². The molecule has 1 fully saturated rings. The highest BCUT2D eigenvalue weighted by Crippen LogP contribution is 2.31. The van der Waals surface area contributed by atoms with Crippen molar-refractivity contribution < 1.29 is 23.4 Å². The van der Waals surface area contributed by atoms with Crippen LogP contribution in [0.25, 0.3) is 16.9 Å². The number of hydrogen-bond acceptors (Lipinski definition) is 7. The summed E-state index contributed by atoms with van der Waals surface area (Å²) in [6, 6.07) is 11.7. The SMILES string of the molecule is CNC(=O)c1ccc(-c2cnc3c(NCC4CCOCC4)cc(Oc4ccc(OC)c(F)c4)nn23)cc1C. The summed E-state index contributed by atoms with van der Waals surface area (Å²) in [6.07, 6.45) is 3.71. The fraction of sp³-hybridized carbons (Fsp3) is 0.321. The third-order valence-electron chi connectivity index (χ3n) is 6.71. The zero-order chi connectivity index (χ0) is 26.6. The molecule has 1 aliphatic heterocycles. The largest absolute Gasteiger partial charge is 0.494 e. The lowest BCUT2D eigenvalue weighted by Crippen LogP contribution is -2.23. The second-order valence-electron chi connectivity index (χ2n) is 9.22. The van der Waals surface area contributed by atoms with E-state index in [0.29, 0.717) is 17.1 Å². The van der Waals surface area contributed by atoms with Crippen LogP contribution in [0.15, 0.2) is 48.7 Å². The van der Waals surface area contributed by atoms with Gasteiger partial charge in [0.15, 0.2) is 17.2 Å². The molecule has 0 unspecified atom stereocenters. The molecule has 5 rings (SSSR count). The number of aromatic nitrogens is 3.